The first-order valence-electron chi connectivity index (χ1n) is 5.19. The second kappa shape index (κ2) is 5.05. The number of likely N-dealkylation sites (N-methyl/N-ethyl adjacent to an activating group) is 1. The lowest BCUT2D eigenvalue weighted by Crippen LogP contribution is -2.30. The van der Waals surface area contributed by atoms with E-state index in [1.807, 2.05) is 0 Å². The number of halogens is 3. The smallest absolute Gasteiger partial charge is 0.394 e. The highest BCUT2D eigenvalue weighted by molar-refractivity contribution is 4.99. The van der Waals surface area contributed by atoms with Crippen LogP contribution in [0.2, 0.25) is 0 Å². The van der Waals surface area contributed by atoms with E-state index in [1.165, 1.54) is 6.20 Å². The molecular weight excluding hydrogens is 221 g/mol. The van der Waals surface area contributed by atoms with E-state index in [0.29, 0.717) is 0 Å². The van der Waals surface area contributed by atoms with Crippen LogP contribution in [0.4, 0.5) is 13.2 Å². The number of ether oxygens (including phenoxy) is 1. The normalized spacial score (nSPS) is 21.2. The first-order chi connectivity index (χ1) is 7.45. The summed E-state index contributed by atoms with van der Waals surface area (Å²) >= 11 is 0. The first kappa shape index (κ1) is 13.3. The lowest BCUT2D eigenvalue weighted by atomic mass is 10.0. The molecule has 1 fully saturated rings. The number of nitrogens with two attached hydrogens (primary N) is 1. The van der Waals surface area contributed by atoms with Crippen molar-refractivity contribution in [3.05, 3.63) is 12.3 Å². The van der Waals surface area contributed by atoms with Crippen LogP contribution < -0.4 is 11.1 Å². The van der Waals surface area contributed by atoms with E-state index in [-0.39, 0.29) is 25.9 Å². The molecule has 0 radical (unpaired) electrons. The predicted molar refractivity (Wildman–Crippen MR) is 54.5 cm³/mol. The molecule has 1 saturated carbocycles. The molecule has 3 nitrogen and oxygen atoms in total. The molecule has 1 unspecified atom stereocenters. The fourth-order valence-corrected chi connectivity index (χ4v) is 1.54. The van der Waals surface area contributed by atoms with Crippen molar-refractivity contribution in [3.8, 4) is 0 Å². The molecule has 1 atom stereocenters. The second-order valence-electron chi connectivity index (χ2n) is 3.99. The zero-order chi connectivity index (χ0) is 12.2. The van der Waals surface area contributed by atoms with Gasteiger partial charge < -0.3 is 10.5 Å². The third-order valence-corrected chi connectivity index (χ3v) is 2.90. The van der Waals surface area contributed by atoms with Gasteiger partial charge in [-0.1, -0.05) is 0 Å². The molecule has 0 aliphatic heterocycles. The van der Waals surface area contributed by atoms with Crippen molar-refractivity contribution in [3.63, 3.8) is 0 Å². The number of nitrogens with one attached hydrogen (secondary N) is 1. The van der Waals surface area contributed by atoms with Crippen LogP contribution in [0, 0.1) is 5.41 Å². The van der Waals surface area contributed by atoms with E-state index in [1.54, 1.807) is 13.1 Å². The third kappa shape index (κ3) is 3.12. The Morgan fingerprint density at radius 1 is 1.50 bits per heavy atom. The maximum atomic E-state index is 12.5. The fraction of sp³-hybridized carbons (Fsp3) is 0.800. The van der Waals surface area contributed by atoms with Crippen molar-refractivity contribution in [1.29, 1.82) is 0 Å². The molecule has 0 aromatic rings. The van der Waals surface area contributed by atoms with Gasteiger partial charge in [0.05, 0.1) is 5.41 Å². The van der Waals surface area contributed by atoms with Crippen LogP contribution in [0.3, 0.4) is 0 Å². The molecule has 16 heavy (non-hydrogen) atoms. The van der Waals surface area contributed by atoms with Gasteiger partial charge in [-0.25, -0.2) is 0 Å². The van der Waals surface area contributed by atoms with E-state index in [2.05, 4.69) is 5.32 Å². The quantitative estimate of drug-likeness (QED) is 0.693. The lowest BCUT2D eigenvalue weighted by molar-refractivity contribution is -0.192. The van der Waals surface area contributed by atoms with E-state index < -0.39 is 17.8 Å². The average molecular weight is 238 g/mol. The Morgan fingerprint density at radius 2 is 2.12 bits per heavy atom. The zero-order valence-electron chi connectivity index (χ0n) is 9.18. The van der Waals surface area contributed by atoms with Gasteiger partial charge in [0.25, 0.3) is 0 Å². The van der Waals surface area contributed by atoms with Gasteiger partial charge in [-0.2, -0.15) is 13.2 Å². The van der Waals surface area contributed by atoms with Crippen molar-refractivity contribution in [1.82, 2.24) is 5.32 Å². The number of rotatable bonds is 6. The van der Waals surface area contributed by atoms with Gasteiger partial charge in [-0.15, -0.1) is 0 Å². The van der Waals surface area contributed by atoms with E-state index in [9.17, 15) is 13.2 Å². The summed E-state index contributed by atoms with van der Waals surface area (Å²) in [6.45, 7) is 0.0787. The van der Waals surface area contributed by atoms with Crippen LogP contribution in [0.15, 0.2) is 12.3 Å². The van der Waals surface area contributed by atoms with E-state index in [4.69, 9.17) is 10.5 Å². The largest absolute Gasteiger partial charge is 0.405 e. The number of hydrogen-bond donors (Lipinski definition) is 2. The van der Waals surface area contributed by atoms with Crippen LogP contribution in [-0.4, -0.2) is 26.1 Å². The minimum Gasteiger partial charge on any atom is -0.405 e. The summed E-state index contributed by atoms with van der Waals surface area (Å²) in [4.78, 5) is 0. The highest BCUT2D eigenvalue weighted by Crippen LogP contribution is 2.59. The molecule has 0 aromatic carbocycles. The molecule has 6 heteroatoms. The van der Waals surface area contributed by atoms with Crippen molar-refractivity contribution in [2.45, 2.75) is 31.7 Å². The minimum absolute atomic E-state index is 0.0209. The zero-order valence-corrected chi connectivity index (χ0v) is 9.18. The van der Waals surface area contributed by atoms with E-state index in [0.717, 1.165) is 0 Å². The summed E-state index contributed by atoms with van der Waals surface area (Å²) in [5, 5.41) is 2.78. The maximum Gasteiger partial charge on any atom is 0.394 e. The number of alkyl halides is 3. The van der Waals surface area contributed by atoms with Crippen LogP contribution in [0.25, 0.3) is 0 Å². The van der Waals surface area contributed by atoms with Crippen molar-refractivity contribution in [2.24, 2.45) is 11.1 Å². The lowest BCUT2D eigenvalue weighted by Gasteiger charge is -2.20. The third-order valence-electron chi connectivity index (χ3n) is 2.90. The van der Waals surface area contributed by atoms with Gasteiger partial charge in [0.2, 0.25) is 0 Å². The Balaban J connectivity index is 2.30. The molecule has 0 amide bonds. The Labute approximate surface area is 92.8 Å². The Bertz CT molecular complexity index is 249. The second-order valence-corrected chi connectivity index (χ2v) is 3.99. The predicted octanol–water partition coefficient (Wildman–Crippen LogP) is 1.75. The molecule has 1 aliphatic rings. The van der Waals surface area contributed by atoms with Gasteiger partial charge in [0, 0.05) is 6.61 Å². The summed E-state index contributed by atoms with van der Waals surface area (Å²) < 4.78 is 42.9. The van der Waals surface area contributed by atoms with Gasteiger partial charge in [0.1, 0.15) is 6.23 Å². The van der Waals surface area contributed by atoms with Crippen LogP contribution in [0.1, 0.15) is 19.3 Å². The average Bonchev–Trinajstić information content (AvgIpc) is 2.96. The molecule has 0 aromatic heterocycles. The van der Waals surface area contributed by atoms with Gasteiger partial charge in [-0.3, -0.25) is 5.32 Å². The minimum atomic E-state index is -4.10. The van der Waals surface area contributed by atoms with E-state index >= 15 is 0 Å². The van der Waals surface area contributed by atoms with Gasteiger partial charge >= 0.3 is 6.18 Å². The van der Waals surface area contributed by atoms with Gasteiger partial charge in [-0.05, 0) is 38.6 Å². The monoisotopic (exact) mass is 238 g/mol. The van der Waals surface area contributed by atoms with Gasteiger partial charge in [0.15, 0.2) is 0 Å². The highest BCUT2D eigenvalue weighted by Gasteiger charge is 2.62. The molecule has 0 spiro atoms. The Morgan fingerprint density at radius 3 is 2.50 bits per heavy atom. The summed E-state index contributed by atoms with van der Waals surface area (Å²) in [5.41, 5.74) is 3.68. The first-order valence-corrected chi connectivity index (χ1v) is 5.19. The van der Waals surface area contributed by atoms with Crippen LogP contribution in [0.5, 0.6) is 0 Å². The summed E-state index contributed by atoms with van der Waals surface area (Å²) in [6.07, 6.45) is -1.21. The van der Waals surface area contributed by atoms with Crippen LogP contribution in [-0.2, 0) is 4.74 Å². The summed E-state index contributed by atoms with van der Waals surface area (Å²) in [7, 11) is 1.65. The standard InChI is InChI=1S/C10H17F3N2O/c1-15-8(2-6-14)16-7-5-9(3-4-9)10(11,12)13/h2,6,8,15H,3-5,7,14H2,1H3/b6-2-. The molecule has 0 bridgehead atoms. The van der Waals surface area contributed by atoms with Crippen molar-refractivity contribution in [2.75, 3.05) is 13.7 Å². The summed E-state index contributed by atoms with van der Waals surface area (Å²) in [6, 6.07) is 0. The molecule has 3 N–H and O–H groups in total. The molecule has 94 valence electrons. The molecule has 1 rings (SSSR count). The highest BCUT2D eigenvalue weighted by atomic mass is 19.4. The molecule has 0 heterocycles. The molecule has 0 saturated heterocycles. The number of hydrogen-bond acceptors (Lipinski definition) is 3. The molecular formula is C10H17F3N2O. The van der Waals surface area contributed by atoms with Crippen LogP contribution >= 0.6 is 0 Å². The Kier molecular flexibility index (Phi) is 4.21. The summed E-state index contributed by atoms with van der Waals surface area (Å²) in [5.74, 6) is 0. The van der Waals surface area contributed by atoms with Crippen molar-refractivity contribution >= 4 is 0 Å². The molecule has 1 aliphatic carbocycles. The SMILES string of the molecule is CNC(/C=C\N)OCCC1(C(F)(F)F)CC1. The topological polar surface area (TPSA) is 47.3 Å². The Hall–Kier alpha value is -0.750. The fourth-order valence-electron chi connectivity index (χ4n) is 1.54. The van der Waals surface area contributed by atoms with Crippen molar-refractivity contribution < 1.29 is 17.9 Å². The maximum absolute atomic E-state index is 12.5.